The molecule has 0 aromatic carbocycles. The van der Waals surface area contributed by atoms with Crippen LogP contribution in [0.4, 0.5) is 0 Å². The SMILES string of the molecule is CC(=O)N(C#N)NN. The predicted molar refractivity (Wildman–Crippen MR) is 25.5 cm³/mol. The van der Waals surface area contributed by atoms with E-state index in [-0.39, 0.29) is 0 Å². The van der Waals surface area contributed by atoms with Crippen LogP contribution in [0.3, 0.4) is 0 Å². The Balaban J connectivity index is 3.76. The zero-order valence-electron chi connectivity index (χ0n) is 4.38. The fourth-order valence-electron chi connectivity index (χ4n) is 0.190. The number of nitrogens with two attached hydrogens (primary N) is 1. The van der Waals surface area contributed by atoms with Crippen LogP contribution in [-0.2, 0) is 4.79 Å². The van der Waals surface area contributed by atoms with Crippen molar-refractivity contribution < 1.29 is 4.79 Å². The molecule has 0 heterocycles. The van der Waals surface area contributed by atoms with E-state index >= 15 is 0 Å². The Morgan fingerprint density at radius 1 is 2.00 bits per heavy atom. The molecule has 0 saturated carbocycles. The lowest BCUT2D eigenvalue weighted by Crippen LogP contribution is -2.42. The minimum absolute atomic E-state index is 0.435. The van der Waals surface area contributed by atoms with E-state index in [4.69, 9.17) is 11.1 Å². The number of hydrogen-bond donors (Lipinski definition) is 2. The standard InChI is InChI=1S/C3H6N4O/c1-3(8)7(2-4)6-5/h6H,5H2,1H3. The molecule has 0 aliphatic carbocycles. The first-order chi connectivity index (χ1) is 3.72. The van der Waals surface area contributed by atoms with Crippen LogP contribution >= 0.6 is 0 Å². The van der Waals surface area contributed by atoms with Crippen LogP contribution in [0, 0.1) is 11.5 Å². The topological polar surface area (TPSA) is 82.2 Å². The molecule has 5 nitrogen and oxygen atoms in total. The van der Waals surface area contributed by atoms with Gasteiger partial charge < -0.3 is 0 Å². The van der Waals surface area contributed by atoms with Gasteiger partial charge in [-0.2, -0.15) is 15.8 Å². The maximum absolute atomic E-state index is 10.2. The number of rotatable bonds is 1. The fraction of sp³-hybridized carbons (Fsp3) is 0.333. The lowest BCUT2D eigenvalue weighted by atomic mass is 10.7. The van der Waals surface area contributed by atoms with Gasteiger partial charge in [-0.1, -0.05) is 0 Å². The first-order valence-corrected chi connectivity index (χ1v) is 1.89. The Labute approximate surface area is 46.6 Å². The minimum Gasteiger partial charge on any atom is -0.273 e. The van der Waals surface area contributed by atoms with E-state index in [2.05, 4.69) is 0 Å². The molecule has 0 unspecified atom stereocenters. The van der Waals surface area contributed by atoms with Gasteiger partial charge in [0.05, 0.1) is 0 Å². The Kier molecular flexibility index (Phi) is 2.54. The van der Waals surface area contributed by atoms with Gasteiger partial charge in [-0.05, 0) is 0 Å². The van der Waals surface area contributed by atoms with Crippen molar-refractivity contribution in [1.29, 1.82) is 5.26 Å². The highest BCUT2D eigenvalue weighted by Crippen LogP contribution is 1.73. The van der Waals surface area contributed by atoms with Crippen molar-refractivity contribution in [3.63, 3.8) is 0 Å². The summed E-state index contributed by atoms with van der Waals surface area (Å²) in [5.41, 5.74) is 1.87. The molecule has 0 saturated heterocycles. The molecule has 0 rings (SSSR count). The monoisotopic (exact) mass is 114 g/mol. The number of amides is 1. The quantitative estimate of drug-likeness (QED) is 0.192. The number of nitrogens with one attached hydrogen (secondary N) is 1. The van der Waals surface area contributed by atoms with Gasteiger partial charge in [0.1, 0.15) is 0 Å². The predicted octanol–water partition coefficient (Wildman–Crippen LogP) is -1.31. The summed E-state index contributed by atoms with van der Waals surface area (Å²) in [6.45, 7) is 1.23. The van der Waals surface area contributed by atoms with Crippen molar-refractivity contribution in [3.8, 4) is 6.19 Å². The number of hydrogen-bond acceptors (Lipinski definition) is 4. The highest BCUT2D eigenvalue weighted by atomic mass is 16.2. The molecule has 0 radical (unpaired) electrons. The minimum atomic E-state index is -0.435. The Morgan fingerprint density at radius 2 is 2.50 bits per heavy atom. The smallest absolute Gasteiger partial charge is 0.248 e. The molecule has 5 heteroatoms. The van der Waals surface area contributed by atoms with Gasteiger partial charge in [0, 0.05) is 6.92 Å². The molecule has 0 aliphatic rings. The van der Waals surface area contributed by atoms with Crippen LogP contribution in [0.25, 0.3) is 0 Å². The van der Waals surface area contributed by atoms with E-state index in [1.54, 1.807) is 0 Å². The van der Waals surface area contributed by atoms with Crippen LogP contribution in [0.5, 0.6) is 0 Å². The third kappa shape index (κ3) is 1.55. The zero-order chi connectivity index (χ0) is 6.57. The maximum Gasteiger partial charge on any atom is 0.248 e. The summed E-state index contributed by atoms with van der Waals surface area (Å²) in [5, 5.41) is 8.62. The molecular weight excluding hydrogens is 108 g/mol. The van der Waals surface area contributed by atoms with Crippen LogP contribution in [0.1, 0.15) is 6.92 Å². The second-order valence-corrected chi connectivity index (χ2v) is 1.08. The molecule has 0 aliphatic heterocycles. The van der Waals surface area contributed by atoms with Crippen LogP contribution in [0.15, 0.2) is 0 Å². The first kappa shape index (κ1) is 6.88. The van der Waals surface area contributed by atoms with Gasteiger partial charge in [-0.15, -0.1) is 0 Å². The molecular formula is C3H6N4O. The van der Waals surface area contributed by atoms with Crippen molar-refractivity contribution in [2.45, 2.75) is 6.92 Å². The molecule has 44 valence electrons. The third-order valence-corrected chi connectivity index (χ3v) is 0.544. The number of nitrogens with zero attached hydrogens (tertiary/aromatic N) is 2. The summed E-state index contributed by atoms with van der Waals surface area (Å²) in [4.78, 5) is 10.2. The highest BCUT2D eigenvalue weighted by Gasteiger charge is 2.00. The summed E-state index contributed by atoms with van der Waals surface area (Å²) in [6.07, 6.45) is 1.50. The normalized spacial score (nSPS) is 7.62. The second-order valence-electron chi connectivity index (χ2n) is 1.08. The summed E-state index contributed by atoms with van der Waals surface area (Å²) < 4.78 is 0. The van der Waals surface area contributed by atoms with Gasteiger partial charge in [0.15, 0.2) is 0 Å². The third-order valence-electron chi connectivity index (χ3n) is 0.544. The number of carbonyl (C=O) groups is 1. The van der Waals surface area contributed by atoms with Gasteiger partial charge in [-0.25, -0.2) is 0 Å². The van der Waals surface area contributed by atoms with E-state index in [0.717, 1.165) is 0 Å². The summed E-state index contributed by atoms with van der Waals surface area (Å²) in [6, 6.07) is 0. The summed E-state index contributed by atoms with van der Waals surface area (Å²) >= 11 is 0. The summed E-state index contributed by atoms with van der Waals surface area (Å²) in [5.74, 6) is 4.28. The first-order valence-electron chi connectivity index (χ1n) is 1.89. The average molecular weight is 114 g/mol. The number of hydrazine groups is 2. The van der Waals surface area contributed by atoms with E-state index in [1.165, 1.54) is 13.1 Å². The molecule has 0 aromatic heterocycles. The Bertz CT molecular complexity index is 126. The van der Waals surface area contributed by atoms with Crippen molar-refractivity contribution in [2.24, 2.45) is 5.84 Å². The van der Waals surface area contributed by atoms with E-state index in [9.17, 15) is 4.79 Å². The molecule has 3 N–H and O–H groups in total. The maximum atomic E-state index is 10.2. The van der Waals surface area contributed by atoms with Crippen LogP contribution in [-0.4, -0.2) is 10.9 Å². The van der Waals surface area contributed by atoms with Crippen molar-refractivity contribution in [3.05, 3.63) is 0 Å². The van der Waals surface area contributed by atoms with E-state index < -0.39 is 5.91 Å². The van der Waals surface area contributed by atoms with Gasteiger partial charge in [-0.3, -0.25) is 10.6 Å². The highest BCUT2D eigenvalue weighted by molar-refractivity contribution is 5.74. The van der Waals surface area contributed by atoms with E-state index in [1.807, 2.05) is 5.53 Å². The molecule has 0 spiro atoms. The van der Waals surface area contributed by atoms with Crippen molar-refractivity contribution in [1.82, 2.24) is 10.5 Å². The van der Waals surface area contributed by atoms with Gasteiger partial charge in [0.2, 0.25) is 12.1 Å². The van der Waals surface area contributed by atoms with Crippen LogP contribution in [0.2, 0.25) is 0 Å². The van der Waals surface area contributed by atoms with Crippen molar-refractivity contribution in [2.75, 3.05) is 0 Å². The molecule has 8 heavy (non-hydrogen) atoms. The Morgan fingerprint density at radius 3 is 2.50 bits per heavy atom. The number of nitriles is 1. The molecule has 0 fully saturated rings. The van der Waals surface area contributed by atoms with Crippen molar-refractivity contribution >= 4 is 5.91 Å². The molecule has 1 amide bonds. The summed E-state index contributed by atoms with van der Waals surface area (Å²) in [7, 11) is 0. The zero-order valence-corrected chi connectivity index (χ0v) is 4.38. The van der Waals surface area contributed by atoms with Gasteiger partial charge >= 0.3 is 0 Å². The molecule has 0 bridgehead atoms. The molecule has 0 aromatic rings. The number of carbonyl (C=O) groups excluding carboxylic acids is 1. The average Bonchev–Trinajstić information content (AvgIpc) is 1.69. The van der Waals surface area contributed by atoms with E-state index in [0.29, 0.717) is 5.01 Å². The van der Waals surface area contributed by atoms with Crippen LogP contribution < -0.4 is 11.4 Å². The fourth-order valence-corrected chi connectivity index (χ4v) is 0.190. The lowest BCUT2D eigenvalue weighted by Gasteiger charge is -2.05. The molecule has 0 atom stereocenters. The second kappa shape index (κ2) is 2.96. The Hall–Kier alpha value is -1.12. The largest absolute Gasteiger partial charge is 0.273 e. The van der Waals surface area contributed by atoms with Gasteiger partial charge in [0.25, 0.3) is 0 Å². The lowest BCUT2D eigenvalue weighted by molar-refractivity contribution is -0.128.